The zero-order valence-electron chi connectivity index (χ0n) is 13.0. The number of nitrogens with one attached hydrogen (secondary N) is 1. The topological polar surface area (TPSA) is 51.3 Å². The van der Waals surface area contributed by atoms with E-state index in [2.05, 4.69) is 78.1 Å². The van der Waals surface area contributed by atoms with Crippen molar-refractivity contribution in [1.29, 1.82) is 0 Å². The number of halogens is 1. The number of rotatable bonds is 4. The van der Waals surface area contributed by atoms with Gasteiger partial charge in [0.25, 0.3) is 0 Å². The van der Waals surface area contributed by atoms with E-state index in [1.807, 2.05) is 0 Å². The summed E-state index contributed by atoms with van der Waals surface area (Å²) in [7, 11) is 4.12. The zero-order chi connectivity index (χ0) is 15.5. The smallest absolute Gasteiger partial charge is 0.221 e. The van der Waals surface area contributed by atoms with Crippen molar-refractivity contribution >= 4 is 27.6 Å². The van der Waals surface area contributed by atoms with E-state index < -0.39 is 0 Å². The van der Waals surface area contributed by atoms with Crippen molar-refractivity contribution in [2.24, 2.45) is 0 Å². The maximum Gasteiger partial charge on any atom is 0.221 e. The quantitative estimate of drug-likeness (QED) is 0.898. The second kappa shape index (κ2) is 6.66. The van der Waals surface area contributed by atoms with Gasteiger partial charge in [0.1, 0.15) is 6.33 Å². The van der Waals surface area contributed by atoms with Crippen molar-refractivity contribution in [3.05, 3.63) is 34.6 Å². The molecule has 7 heteroatoms. The van der Waals surface area contributed by atoms with Crippen LogP contribution >= 0.6 is 15.9 Å². The lowest BCUT2D eigenvalue weighted by atomic mass is 10.1. The third-order valence-electron chi connectivity index (χ3n) is 4.02. The van der Waals surface area contributed by atoms with Gasteiger partial charge in [0.15, 0.2) is 0 Å². The molecule has 22 heavy (non-hydrogen) atoms. The van der Waals surface area contributed by atoms with Gasteiger partial charge in [0.2, 0.25) is 5.95 Å². The van der Waals surface area contributed by atoms with Crippen LogP contribution in [0.3, 0.4) is 0 Å². The minimum absolute atomic E-state index is 0.871. The average molecular weight is 365 g/mol. The first-order valence-corrected chi connectivity index (χ1v) is 8.21. The molecule has 0 bridgehead atoms. The number of aromatic amines is 1. The summed E-state index contributed by atoms with van der Waals surface area (Å²) in [4.78, 5) is 11.1. The van der Waals surface area contributed by atoms with Crippen LogP contribution in [-0.2, 0) is 6.54 Å². The van der Waals surface area contributed by atoms with Gasteiger partial charge < -0.3 is 9.80 Å². The van der Waals surface area contributed by atoms with E-state index in [4.69, 9.17) is 0 Å². The highest BCUT2D eigenvalue weighted by atomic mass is 79.9. The largest absolute Gasteiger partial charge is 0.378 e. The zero-order valence-corrected chi connectivity index (χ0v) is 14.5. The van der Waals surface area contributed by atoms with Gasteiger partial charge in [-0.1, -0.05) is 22.0 Å². The molecule has 3 rings (SSSR count). The summed E-state index contributed by atoms with van der Waals surface area (Å²) < 4.78 is 1.18. The van der Waals surface area contributed by atoms with Crippen LogP contribution in [0.25, 0.3) is 0 Å². The van der Waals surface area contributed by atoms with E-state index in [0.29, 0.717) is 0 Å². The van der Waals surface area contributed by atoms with Crippen LogP contribution in [0.4, 0.5) is 11.6 Å². The number of H-pyrrole nitrogens is 1. The van der Waals surface area contributed by atoms with Gasteiger partial charge in [0.05, 0.1) is 0 Å². The SMILES string of the molecule is CN(C)c1ccc(CN2CCN(c3ncn[nH]3)CC2)c(Br)c1. The molecular weight excluding hydrogens is 344 g/mol. The summed E-state index contributed by atoms with van der Waals surface area (Å²) in [6, 6.07) is 6.56. The van der Waals surface area contributed by atoms with Crippen molar-refractivity contribution < 1.29 is 0 Å². The number of hydrogen-bond acceptors (Lipinski definition) is 5. The number of nitrogens with zero attached hydrogens (tertiary/aromatic N) is 5. The maximum absolute atomic E-state index is 4.22. The molecular formula is C15H21BrN6. The van der Waals surface area contributed by atoms with Crippen LogP contribution in [-0.4, -0.2) is 60.4 Å². The Morgan fingerprint density at radius 1 is 1.23 bits per heavy atom. The van der Waals surface area contributed by atoms with Gasteiger partial charge in [-0.15, -0.1) is 0 Å². The van der Waals surface area contributed by atoms with Crippen molar-refractivity contribution in [2.45, 2.75) is 6.54 Å². The highest BCUT2D eigenvalue weighted by Gasteiger charge is 2.19. The Balaban J connectivity index is 1.59. The first kappa shape index (κ1) is 15.3. The van der Waals surface area contributed by atoms with Crippen molar-refractivity contribution in [2.75, 3.05) is 50.1 Å². The standard InChI is InChI=1S/C15H21BrN6/c1-20(2)13-4-3-12(14(16)9-13)10-21-5-7-22(8-6-21)15-17-11-18-19-15/h3-4,9,11H,5-8,10H2,1-2H3,(H,17,18,19). The lowest BCUT2D eigenvalue weighted by Crippen LogP contribution is -2.46. The van der Waals surface area contributed by atoms with E-state index >= 15 is 0 Å². The molecule has 0 atom stereocenters. The fourth-order valence-corrected chi connectivity index (χ4v) is 3.14. The molecule has 118 valence electrons. The molecule has 2 heterocycles. The Morgan fingerprint density at radius 3 is 2.59 bits per heavy atom. The number of benzene rings is 1. The molecule has 0 saturated carbocycles. The van der Waals surface area contributed by atoms with Crippen molar-refractivity contribution in [1.82, 2.24) is 20.1 Å². The van der Waals surface area contributed by atoms with Crippen molar-refractivity contribution in [3.63, 3.8) is 0 Å². The highest BCUT2D eigenvalue weighted by molar-refractivity contribution is 9.10. The van der Waals surface area contributed by atoms with Crippen LogP contribution in [0.15, 0.2) is 29.0 Å². The monoisotopic (exact) mass is 364 g/mol. The Morgan fingerprint density at radius 2 is 2.00 bits per heavy atom. The summed E-state index contributed by atoms with van der Waals surface area (Å²) in [6.07, 6.45) is 1.56. The Kier molecular flexibility index (Phi) is 4.63. The van der Waals surface area contributed by atoms with E-state index in [0.717, 1.165) is 38.7 Å². The summed E-state index contributed by atoms with van der Waals surface area (Å²) >= 11 is 3.70. The third kappa shape index (κ3) is 3.41. The molecule has 0 aliphatic carbocycles. The number of anilines is 2. The predicted molar refractivity (Wildman–Crippen MR) is 92.3 cm³/mol. The van der Waals surface area contributed by atoms with Crippen LogP contribution in [0.1, 0.15) is 5.56 Å². The molecule has 1 saturated heterocycles. The minimum atomic E-state index is 0.871. The molecule has 1 aromatic heterocycles. The first-order valence-electron chi connectivity index (χ1n) is 7.42. The molecule has 0 radical (unpaired) electrons. The fourth-order valence-electron chi connectivity index (χ4n) is 2.65. The second-order valence-electron chi connectivity index (χ2n) is 5.74. The third-order valence-corrected chi connectivity index (χ3v) is 4.76. The Hall–Kier alpha value is -1.60. The fraction of sp³-hybridized carbons (Fsp3) is 0.467. The van der Waals surface area contributed by atoms with Crippen LogP contribution in [0, 0.1) is 0 Å². The van der Waals surface area contributed by atoms with E-state index in [1.54, 1.807) is 6.33 Å². The lowest BCUT2D eigenvalue weighted by molar-refractivity contribution is 0.248. The predicted octanol–water partition coefficient (Wildman–Crippen LogP) is 1.96. The summed E-state index contributed by atoms with van der Waals surface area (Å²) in [5.74, 6) is 0.871. The highest BCUT2D eigenvalue weighted by Crippen LogP contribution is 2.24. The molecule has 6 nitrogen and oxygen atoms in total. The van der Waals surface area contributed by atoms with Gasteiger partial charge in [-0.05, 0) is 17.7 Å². The molecule has 1 aliphatic rings. The Bertz CT molecular complexity index is 605. The summed E-state index contributed by atoms with van der Waals surface area (Å²) in [5.41, 5.74) is 2.55. The van der Waals surface area contributed by atoms with Gasteiger partial charge >= 0.3 is 0 Å². The minimum Gasteiger partial charge on any atom is -0.378 e. The molecule has 2 aromatic rings. The second-order valence-corrected chi connectivity index (χ2v) is 6.60. The van der Waals surface area contributed by atoms with Gasteiger partial charge in [-0.3, -0.25) is 4.90 Å². The molecule has 1 aromatic carbocycles. The van der Waals surface area contributed by atoms with Gasteiger partial charge in [-0.25, -0.2) is 5.10 Å². The molecule has 1 aliphatic heterocycles. The molecule has 0 spiro atoms. The number of aromatic nitrogens is 3. The average Bonchev–Trinajstić information content (AvgIpc) is 3.04. The Labute approximate surface area is 139 Å². The number of hydrogen-bond donors (Lipinski definition) is 1. The number of piperazine rings is 1. The molecule has 1 fully saturated rings. The van der Waals surface area contributed by atoms with Crippen LogP contribution < -0.4 is 9.80 Å². The van der Waals surface area contributed by atoms with Crippen LogP contribution in [0.2, 0.25) is 0 Å². The summed E-state index contributed by atoms with van der Waals surface area (Å²) in [6.45, 7) is 4.98. The van der Waals surface area contributed by atoms with E-state index in [9.17, 15) is 0 Å². The lowest BCUT2D eigenvalue weighted by Gasteiger charge is -2.34. The summed E-state index contributed by atoms with van der Waals surface area (Å²) in [5, 5.41) is 6.85. The molecule has 0 unspecified atom stereocenters. The van der Waals surface area contributed by atoms with Gasteiger partial charge in [-0.2, -0.15) is 10.1 Å². The van der Waals surface area contributed by atoms with Crippen molar-refractivity contribution in [3.8, 4) is 0 Å². The maximum atomic E-state index is 4.22. The van der Waals surface area contributed by atoms with E-state index in [-0.39, 0.29) is 0 Å². The van der Waals surface area contributed by atoms with E-state index in [1.165, 1.54) is 15.7 Å². The normalized spacial score (nSPS) is 16.0. The molecule has 1 N–H and O–H groups in total. The molecule has 0 amide bonds. The van der Waals surface area contributed by atoms with Crippen LogP contribution in [0.5, 0.6) is 0 Å². The van der Waals surface area contributed by atoms with Gasteiger partial charge in [0, 0.05) is 57.0 Å². The first-order chi connectivity index (χ1) is 10.6.